The van der Waals surface area contributed by atoms with Gasteiger partial charge in [0.15, 0.2) is 5.78 Å². The molecule has 0 saturated carbocycles. The highest BCUT2D eigenvalue weighted by Crippen LogP contribution is 2.22. The molecule has 94 valence electrons. The topological polar surface area (TPSA) is 30.0 Å². The molecule has 0 radical (unpaired) electrons. The maximum absolute atomic E-state index is 11.5. The Morgan fingerprint density at radius 2 is 2.00 bits per heavy atom. The Balaban J connectivity index is 2.24. The molecule has 2 nitrogen and oxygen atoms in total. The summed E-state index contributed by atoms with van der Waals surface area (Å²) in [5.41, 5.74) is 2.07. The molecule has 1 aromatic carbocycles. The molecule has 0 fully saturated rings. The van der Waals surface area contributed by atoms with E-state index in [4.69, 9.17) is 11.6 Å². The van der Waals surface area contributed by atoms with Gasteiger partial charge in [0, 0.05) is 18.4 Å². The molecule has 0 amide bonds. The summed E-state index contributed by atoms with van der Waals surface area (Å²) < 4.78 is 0. The maximum Gasteiger partial charge on any atom is 0.171 e. The molecule has 4 heteroatoms. The highest BCUT2D eigenvalue weighted by molar-refractivity contribution is 7.13. The molecule has 0 N–H and O–H groups in total. The molecule has 18 heavy (non-hydrogen) atoms. The Morgan fingerprint density at radius 1 is 1.33 bits per heavy atom. The van der Waals surface area contributed by atoms with Crippen LogP contribution >= 0.6 is 22.9 Å². The van der Waals surface area contributed by atoms with Crippen molar-refractivity contribution in [1.82, 2.24) is 4.98 Å². The van der Waals surface area contributed by atoms with Crippen molar-refractivity contribution in [1.29, 1.82) is 0 Å². The fourth-order valence-corrected chi connectivity index (χ4v) is 2.98. The summed E-state index contributed by atoms with van der Waals surface area (Å²) >= 11 is 7.35. The Bertz CT molecular complexity index is 560. The number of aromatic nitrogens is 1. The molecule has 0 aliphatic carbocycles. The lowest BCUT2D eigenvalue weighted by Crippen LogP contribution is -1.93. The zero-order valence-electron chi connectivity index (χ0n) is 10.4. The van der Waals surface area contributed by atoms with Crippen molar-refractivity contribution in [2.45, 2.75) is 26.7 Å². The van der Waals surface area contributed by atoms with Crippen LogP contribution in [0.2, 0.25) is 5.02 Å². The standard InChI is InChI=1S/C14H14ClNOS/c1-3-12-14(9(2)17)18-13(16-12)8-10-4-6-11(15)7-5-10/h4-7H,3,8H2,1-2H3. The largest absolute Gasteiger partial charge is 0.294 e. The zero-order chi connectivity index (χ0) is 13.1. The Kier molecular flexibility index (Phi) is 4.15. The molecule has 2 rings (SSSR count). The predicted octanol–water partition coefficient (Wildman–Crippen LogP) is 4.15. The molecule has 0 unspecified atom stereocenters. The van der Waals surface area contributed by atoms with Gasteiger partial charge < -0.3 is 0 Å². The fraction of sp³-hybridized carbons (Fsp3) is 0.286. The van der Waals surface area contributed by atoms with Gasteiger partial charge in [0.2, 0.25) is 0 Å². The van der Waals surface area contributed by atoms with Crippen LogP contribution in [0.25, 0.3) is 0 Å². The smallest absolute Gasteiger partial charge is 0.171 e. The van der Waals surface area contributed by atoms with Crippen molar-refractivity contribution < 1.29 is 4.79 Å². The number of carbonyl (C=O) groups is 1. The fourth-order valence-electron chi connectivity index (χ4n) is 1.77. The van der Waals surface area contributed by atoms with Gasteiger partial charge in [-0.25, -0.2) is 4.98 Å². The number of ketones is 1. The number of halogens is 1. The minimum Gasteiger partial charge on any atom is -0.294 e. The van der Waals surface area contributed by atoms with Gasteiger partial charge in [-0.3, -0.25) is 4.79 Å². The molecule has 0 atom stereocenters. The summed E-state index contributed by atoms with van der Waals surface area (Å²) in [6.45, 7) is 3.62. The van der Waals surface area contributed by atoms with E-state index < -0.39 is 0 Å². The number of benzene rings is 1. The van der Waals surface area contributed by atoms with Gasteiger partial charge in [0.25, 0.3) is 0 Å². The molecule has 1 aromatic heterocycles. The summed E-state index contributed by atoms with van der Waals surface area (Å²) in [4.78, 5) is 16.8. The number of rotatable bonds is 4. The molecular weight excluding hydrogens is 266 g/mol. The van der Waals surface area contributed by atoms with E-state index >= 15 is 0 Å². The molecular formula is C14H14ClNOS. The van der Waals surface area contributed by atoms with Crippen molar-refractivity contribution in [2.75, 3.05) is 0 Å². The SMILES string of the molecule is CCc1nc(Cc2ccc(Cl)cc2)sc1C(C)=O. The summed E-state index contributed by atoms with van der Waals surface area (Å²) in [5, 5.41) is 1.72. The minimum atomic E-state index is 0.103. The van der Waals surface area contributed by atoms with Gasteiger partial charge >= 0.3 is 0 Å². The van der Waals surface area contributed by atoms with Crippen LogP contribution in [-0.4, -0.2) is 10.8 Å². The van der Waals surface area contributed by atoms with Crippen LogP contribution in [0.15, 0.2) is 24.3 Å². The first-order valence-corrected chi connectivity index (χ1v) is 7.03. The van der Waals surface area contributed by atoms with Crippen LogP contribution in [0.3, 0.4) is 0 Å². The van der Waals surface area contributed by atoms with Crippen LogP contribution in [0.4, 0.5) is 0 Å². The second-order valence-electron chi connectivity index (χ2n) is 4.10. The molecule has 0 bridgehead atoms. The number of nitrogens with zero attached hydrogens (tertiary/aromatic N) is 1. The van der Waals surface area contributed by atoms with Crippen molar-refractivity contribution in [3.8, 4) is 0 Å². The van der Waals surface area contributed by atoms with Gasteiger partial charge in [-0.1, -0.05) is 30.7 Å². The lowest BCUT2D eigenvalue weighted by molar-refractivity contribution is 0.102. The van der Waals surface area contributed by atoms with Crippen LogP contribution in [-0.2, 0) is 12.8 Å². The van der Waals surface area contributed by atoms with Gasteiger partial charge in [0.05, 0.1) is 15.6 Å². The quantitative estimate of drug-likeness (QED) is 0.787. The summed E-state index contributed by atoms with van der Waals surface area (Å²) in [7, 11) is 0. The van der Waals surface area contributed by atoms with E-state index in [2.05, 4.69) is 4.98 Å². The third kappa shape index (κ3) is 2.98. The third-order valence-electron chi connectivity index (χ3n) is 2.66. The third-order valence-corrected chi connectivity index (χ3v) is 4.12. The number of hydrogen-bond donors (Lipinski definition) is 0. The molecule has 0 saturated heterocycles. The average Bonchev–Trinajstić information content (AvgIpc) is 2.75. The van der Waals surface area contributed by atoms with E-state index in [0.29, 0.717) is 0 Å². The average molecular weight is 280 g/mol. The zero-order valence-corrected chi connectivity index (χ0v) is 11.9. The lowest BCUT2D eigenvalue weighted by atomic mass is 10.2. The van der Waals surface area contributed by atoms with E-state index in [1.165, 1.54) is 11.3 Å². The highest BCUT2D eigenvalue weighted by Gasteiger charge is 2.13. The van der Waals surface area contributed by atoms with Gasteiger partial charge in [-0.15, -0.1) is 11.3 Å². The minimum absolute atomic E-state index is 0.103. The number of hydrogen-bond acceptors (Lipinski definition) is 3. The molecule has 0 aliphatic rings. The Hall–Kier alpha value is -1.19. The summed E-state index contributed by atoms with van der Waals surface area (Å²) in [6.07, 6.45) is 1.55. The van der Waals surface area contributed by atoms with E-state index in [-0.39, 0.29) is 5.78 Å². The molecule has 1 heterocycles. The lowest BCUT2D eigenvalue weighted by Gasteiger charge is -1.97. The maximum atomic E-state index is 11.5. The van der Waals surface area contributed by atoms with E-state index in [1.807, 2.05) is 31.2 Å². The number of aryl methyl sites for hydroxylation is 1. The second-order valence-corrected chi connectivity index (χ2v) is 5.62. The van der Waals surface area contributed by atoms with Crippen molar-refractivity contribution in [3.63, 3.8) is 0 Å². The second kappa shape index (κ2) is 5.63. The van der Waals surface area contributed by atoms with Gasteiger partial charge in [0.1, 0.15) is 0 Å². The monoisotopic (exact) mass is 279 g/mol. The van der Waals surface area contributed by atoms with E-state index in [0.717, 1.165) is 39.0 Å². The van der Waals surface area contributed by atoms with Crippen molar-refractivity contribution >= 4 is 28.7 Å². The molecule has 0 aliphatic heterocycles. The first-order chi connectivity index (χ1) is 8.60. The number of Topliss-reactive ketones (excluding diaryl/α,β-unsaturated/α-hetero) is 1. The molecule has 2 aromatic rings. The number of thiazole rings is 1. The highest BCUT2D eigenvalue weighted by atomic mass is 35.5. The predicted molar refractivity (Wildman–Crippen MR) is 75.8 cm³/mol. The van der Waals surface area contributed by atoms with E-state index in [1.54, 1.807) is 6.92 Å². The van der Waals surface area contributed by atoms with E-state index in [9.17, 15) is 4.79 Å². The van der Waals surface area contributed by atoms with Gasteiger partial charge in [-0.05, 0) is 24.1 Å². The molecule has 0 spiro atoms. The van der Waals surface area contributed by atoms with Crippen LogP contribution in [0.1, 0.15) is 39.8 Å². The van der Waals surface area contributed by atoms with Crippen LogP contribution in [0.5, 0.6) is 0 Å². The summed E-state index contributed by atoms with van der Waals surface area (Å²) in [6, 6.07) is 7.72. The van der Waals surface area contributed by atoms with Crippen LogP contribution in [0, 0.1) is 0 Å². The van der Waals surface area contributed by atoms with Crippen molar-refractivity contribution in [2.24, 2.45) is 0 Å². The first-order valence-electron chi connectivity index (χ1n) is 5.84. The Morgan fingerprint density at radius 3 is 2.50 bits per heavy atom. The van der Waals surface area contributed by atoms with Crippen molar-refractivity contribution in [3.05, 3.63) is 50.4 Å². The normalized spacial score (nSPS) is 10.6. The van der Waals surface area contributed by atoms with Gasteiger partial charge in [-0.2, -0.15) is 0 Å². The van der Waals surface area contributed by atoms with Crippen LogP contribution < -0.4 is 0 Å². The Labute approximate surface area is 116 Å². The number of carbonyl (C=O) groups excluding carboxylic acids is 1. The summed E-state index contributed by atoms with van der Waals surface area (Å²) in [5.74, 6) is 0.103. The first kappa shape index (κ1) is 13.2.